The van der Waals surface area contributed by atoms with E-state index in [-0.39, 0.29) is 52.5 Å². The number of amides is 2. The number of rotatable bonds is 11. The van der Waals surface area contributed by atoms with E-state index in [9.17, 15) is 24.3 Å². The monoisotopic (exact) mass is 557 g/mol. The smallest absolute Gasteiger partial charge is 0.543 e. The van der Waals surface area contributed by atoms with E-state index in [1.54, 1.807) is 13.3 Å². The average Bonchev–Trinajstić information content (AvgIpc) is 3.19. The van der Waals surface area contributed by atoms with Crippen molar-refractivity contribution in [2.45, 2.75) is 21.4 Å². The summed E-state index contributed by atoms with van der Waals surface area (Å²) in [6.45, 7) is 0. The number of β-lactam (4-membered cyclic amide) rings is 1. The van der Waals surface area contributed by atoms with Crippen molar-refractivity contribution >= 4 is 70.8 Å². The number of nitrogens with two attached hydrogens (primary N) is 1. The first-order chi connectivity index (χ1) is 15.6. The molecular weight excluding hydrogens is 537 g/mol. The van der Waals surface area contributed by atoms with E-state index in [0.29, 0.717) is 16.5 Å². The maximum Gasteiger partial charge on any atom is 1.00 e. The van der Waals surface area contributed by atoms with E-state index in [0.717, 1.165) is 28.4 Å². The Hall–Kier alpha value is -0.950. The van der Waals surface area contributed by atoms with Gasteiger partial charge in [0, 0.05) is 24.3 Å². The molecule has 1 fully saturated rings. The van der Waals surface area contributed by atoms with Crippen molar-refractivity contribution in [2.24, 2.45) is 12.8 Å². The summed E-state index contributed by atoms with van der Waals surface area (Å²) in [5, 5.41) is 34.4. The molecule has 2 aliphatic rings. The fourth-order valence-corrected chi connectivity index (χ4v) is 7.52. The first-order valence-electron chi connectivity index (χ1n) is 9.28. The van der Waals surface area contributed by atoms with E-state index >= 15 is 0 Å². The van der Waals surface area contributed by atoms with Crippen molar-refractivity contribution < 1.29 is 58.9 Å². The molecule has 0 aromatic carbocycles. The van der Waals surface area contributed by atoms with Gasteiger partial charge in [0.1, 0.15) is 11.4 Å². The number of aliphatic carboxylic acids is 2. The summed E-state index contributed by atoms with van der Waals surface area (Å²) >= 11 is 4.72. The minimum atomic E-state index is -1.47. The fourth-order valence-electron chi connectivity index (χ4n) is 3.13. The van der Waals surface area contributed by atoms with Gasteiger partial charge in [-0.05, 0) is 22.3 Å². The number of carbonyl (C=O) groups is 4. The normalized spacial score (nSPS) is 22.4. The fraction of sp³-hybridized carbons (Fsp3) is 0.562. The molecule has 4 N–H and O–H groups in total. The van der Waals surface area contributed by atoms with Gasteiger partial charge < -0.3 is 26.1 Å². The van der Waals surface area contributed by atoms with Gasteiger partial charge in [-0.15, -0.1) is 40.4 Å². The van der Waals surface area contributed by atoms with Gasteiger partial charge in [-0.1, -0.05) is 11.8 Å². The molecule has 0 aliphatic carbocycles. The number of carboxylic acids is 2. The van der Waals surface area contributed by atoms with E-state index in [4.69, 9.17) is 10.8 Å². The van der Waals surface area contributed by atoms with Crippen LogP contribution < -0.4 is 45.7 Å². The second kappa shape index (κ2) is 12.3. The third-order valence-corrected chi connectivity index (χ3v) is 9.60. The van der Waals surface area contributed by atoms with Crippen LogP contribution in [0.3, 0.4) is 0 Å². The number of aryl methyl sites for hydroxylation is 1. The van der Waals surface area contributed by atoms with E-state index < -0.39 is 40.0 Å². The number of carbonyl (C=O) groups excluding carboxylic acids is 3. The van der Waals surface area contributed by atoms with Gasteiger partial charge in [0.15, 0.2) is 4.87 Å². The first-order valence-corrected chi connectivity index (χ1v) is 13.7. The van der Waals surface area contributed by atoms with Crippen LogP contribution in [-0.2, 0) is 26.2 Å². The molecule has 1 aromatic heterocycles. The van der Waals surface area contributed by atoms with Crippen LogP contribution in [-0.4, -0.2) is 99.5 Å². The van der Waals surface area contributed by atoms with E-state index in [2.05, 4.69) is 20.8 Å². The largest absolute Gasteiger partial charge is 1.00 e. The standard InChI is InChI=1S/C16H21N7O6S4.Na/c1-22-15(19-20-21-22)33-4-7-3-32-14-16(30-2,13(29)23(14)10(7)12(27)28)18-9(24)6-31-5-8(17)11(25)26;/h8,14H,3-6,17H2,1-2H3,(H,18,24)(H,25,26)(H,27,28);/q;+1/p-1. The molecule has 0 radical (unpaired) electrons. The van der Waals surface area contributed by atoms with E-state index in [1.165, 1.54) is 28.2 Å². The number of aromatic nitrogens is 4. The van der Waals surface area contributed by atoms with Gasteiger partial charge in [-0.25, -0.2) is 4.68 Å². The summed E-state index contributed by atoms with van der Waals surface area (Å²) < 4.78 is 1.45. The number of hydrogen-bond donors (Lipinski definition) is 3. The zero-order valence-corrected chi connectivity index (χ0v) is 23.7. The molecule has 3 unspecified atom stereocenters. The number of hydrogen-bond acceptors (Lipinski definition) is 13. The minimum absolute atomic E-state index is 0. The average molecular weight is 558 g/mol. The Kier molecular flexibility index (Phi) is 10.6. The second-order valence-corrected chi connectivity index (χ2v) is 11.0. The van der Waals surface area contributed by atoms with Crippen LogP contribution in [0.25, 0.3) is 0 Å². The van der Waals surface area contributed by atoms with Gasteiger partial charge in [-0.3, -0.25) is 19.3 Å². The maximum atomic E-state index is 13.1. The number of nitrogens with zero attached hydrogens (tertiary/aromatic N) is 5. The molecule has 0 spiro atoms. The number of fused-ring (bicyclic) bond motifs is 1. The zero-order chi connectivity index (χ0) is 24.3. The molecule has 3 rings (SSSR count). The summed E-state index contributed by atoms with van der Waals surface area (Å²) in [6.07, 6.45) is 1.65. The molecule has 180 valence electrons. The summed E-state index contributed by atoms with van der Waals surface area (Å²) in [5.74, 6) is -3.17. The van der Waals surface area contributed by atoms with Gasteiger partial charge in [0.25, 0.3) is 5.91 Å². The molecule has 13 nitrogen and oxygen atoms in total. The Morgan fingerprint density at radius 1 is 1.44 bits per heavy atom. The van der Waals surface area contributed by atoms with E-state index in [1.807, 2.05) is 0 Å². The number of tetrazole rings is 1. The summed E-state index contributed by atoms with van der Waals surface area (Å²) in [7, 11) is 1.66. The third-order valence-electron chi connectivity index (χ3n) is 4.75. The zero-order valence-electron chi connectivity index (χ0n) is 18.4. The van der Waals surface area contributed by atoms with Crippen molar-refractivity contribution in [1.82, 2.24) is 30.4 Å². The van der Waals surface area contributed by atoms with Crippen molar-refractivity contribution in [3.63, 3.8) is 0 Å². The predicted octanol–water partition coefficient (Wildman–Crippen LogP) is -5.45. The molecule has 1 saturated heterocycles. The summed E-state index contributed by atoms with van der Waals surface area (Å²) in [4.78, 5) is 48.1. The molecular formula is C16H20N7NaO6S4. The Morgan fingerprint density at radius 3 is 2.71 bits per heavy atom. The number of thioether (sulfide) groups is 4. The quantitative estimate of drug-likeness (QED) is 0.101. The predicted molar refractivity (Wildman–Crippen MR) is 122 cm³/mol. The number of carboxylic acid groups (broad SMARTS) is 2. The molecule has 1 aromatic rings. The molecule has 18 heteroatoms. The maximum absolute atomic E-state index is 13.1. The SMILES string of the molecule is CSC1(NC(=O)CSCC(N)C(=O)O)C(=O)N2C(C(=O)[O-])=C(CSc3nnnn3C)CSC21.[Na+]. The molecule has 2 aliphatic heterocycles. The molecule has 2 amide bonds. The Balaban J connectivity index is 0.00000408. The molecule has 3 heterocycles. The number of nitrogens with one attached hydrogen (secondary N) is 1. The minimum Gasteiger partial charge on any atom is -0.543 e. The van der Waals surface area contributed by atoms with Crippen LogP contribution >= 0.6 is 47.0 Å². The van der Waals surface area contributed by atoms with Crippen LogP contribution in [0, 0.1) is 0 Å². The molecule has 0 saturated carbocycles. The van der Waals surface area contributed by atoms with Crippen molar-refractivity contribution in [3.05, 3.63) is 11.3 Å². The molecule has 34 heavy (non-hydrogen) atoms. The first kappa shape index (κ1) is 29.3. The van der Waals surface area contributed by atoms with Crippen LogP contribution in [0.5, 0.6) is 0 Å². The van der Waals surface area contributed by atoms with Crippen molar-refractivity contribution in [1.29, 1.82) is 0 Å². The Bertz CT molecular complexity index is 1010. The Morgan fingerprint density at radius 2 is 2.15 bits per heavy atom. The van der Waals surface area contributed by atoms with Crippen LogP contribution in [0.4, 0.5) is 0 Å². The third kappa shape index (κ3) is 5.88. The molecule has 3 atom stereocenters. The second-order valence-electron chi connectivity index (χ2n) is 6.90. The van der Waals surface area contributed by atoms with Crippen molar-refractivity contribution in [3.8, 4) is 0 Å². The van der Waals surface area contributed by atoms with Gasteiger partial charge in [0.2, 0.25) is 11.1 Å². The topological polar surface area (TPSA) is 196 Å². The van der Waals surface area contributed by atoms with Crippen LogP contribution in [0.2, 0.25) is 0 Å². The molecule has 0 bridgehead atoms. The Labute approximate surface area is 233 Å². The van der Waals surface area contributed by atoms with Crippen molar-refractivity contribution in [2.75, 3.05) is 29.3 Å². The summed E-state index contributed by atoms with van der Waals surface area (Å²) in [5.41, 5.74) is 5.72. The summed E-state index contributed by atoms with van der Waals surface area (Å²) in [6, 6.07) is -1.10. The van der Waals surface area contributed by atoms with Gasteiger partial charge >= 0.3 is 35.5 Å². The van der Waals surface area contributed by atoms with Crippen LogP contribution in [0.15, 0.2) is 16.4 Å². The van der Waals surface area contributed by atoms with Crippen LogP contribution in [0.1, 0.15) is 0 Å². The van der Waals surface area contributed by atoms with Gasteiger partial charge in [0.05, 0.1) is 17.4 Å². The van der Waals surface area contributed by atoms with Gasteiger partial charge in [-0.2, -0.15) is 0 Å².